The van der Waals surface area contributed by atoms with E-state index in [1.54, 1.807) is 24.3 Å². The molecule has 0 heterocycles. The molecule has 0 spiro atoms. The summed E-state index contributed by atoms with van der Waals surface area (Å²) < 4.78 is 5.42. The van der Waals surface area contributed by atoms with Gasteiger partial charge in [0.25, 0.3) is 0 Å². The number of benzene rings is 2. The van der Waals surface area contributed by atoms with Gasteiger partial charge in [0.2, 0.25) is 0 Å². The standard InChI is InChI=1S/C18H20N2O3/c1-3-23-16-12-8-7-11-15(16)20-18(22)17(21)19-13(2)14-9-5-4-6-10-14/h4-13H,3H2,1-2H3,(H,19,21)(H,20,22)/t13-/m0/s1. The van der Waals surface area contributed by atoms with E-state index in [2.05, 4.69) is 10.6 Å². The Kier molecular flexibility index (Phi) is 5.74. The van der Waals surface area contributed by atoms with E-state index in [1.165, 1.54) is 0 Å². The topological polar surface area (TPSA) is 67.4 Å². The summed E-state index contributed by atoms with van der Waals surface area (Å²) in [5.74, 6) is -0.875. The summed E-state index contributed by atoms with van der Waals surface area (Å²) in [6.07, 6.45) is 0. The molecule has 0 aliphatic rings. The first-order valence-corrected chi connectivity index (χ1v) is 7.50. The molecule has 0 saturated carbocycles. The third-order valence-electron chi connectivity index (χ3n) is 3.29. The van der Waals surface area contributed by atoms with E-state index in [0.29, 0.717) is 18.0 Å². The Morgan fingerprint density at radius 3 is 2.35 bits per heavy atom. The molecule has 2 aromatic carbocycles. The lowest BCUT2D eigenvalue weighted by molar-refractivity contribution is -0.136. The summed E-state index contributed by atoms with van der Waals surface area (Å²) in [7, 11) is 0. The van der Waals surface area contributed by atoms with Crippen molar-refractivity contribution in [2.24, 2.45) is 0 Å². The summed E-state index contributed by atoms with van der Waals surface area (Å²) in [6.45, 7) is 4.16. The molecular weight excluding hydrogens is 292 g/mol. The van der Waals surface area contributed by atoms with Crippen molar-refractivity contribution in [3.63, 3.8) is 0 Å². The SMILES string of the molecule is CCOc1ccccc1NC(=O)C(=O)N[C@@H](C)c1ccccc1. The predicted molar refractivity (Wildman–Crippen MR) is 89.2 cm³/mol. The van der Waals surface area contributed by atoms with Crippen molar-refractivity contribution < 1.29 is 14.3 Å². The quantitative estimate of drug-likeness (QED) is 0.834. The number of carbonyl (C=O) groups is 2. The van der Waals surface area contributed by atoms with Gasteiger partial charge in [-0.15, -0.1) is 0 Å². The van der Waals surface area contributed by atoms with Gasteiger partial charge in [-0.1, -0.05) is 42.5 Å². The molecule has 2 rings (SSSR count). The maximum absolute atomic E-state index is 12.1. The Hall–Kier alpha value is -2.82. The molecule has 0 bridgehead atoms. The number of anilines is 1. The molecule has 0 aliphatic heterocycles. The van der Waals surface area contributed by atoms with Crippen LogP contribution in [0.5, 0.6) is 5.75 Å². The van der Waals surface area contributed by atoms with Crippen LogP contribution >= 0.6 is 0 Å². The number of para-hydroxylation sites is 2. The van der Waals surface area contributed by atoms with Gasteiger partial charge in [0.1, 0.15) is 5.75 Å². The molecule has 23 heavy (non-hydrogen) atoms. The fourth-order valence-electron chi connectivity index (χ4n) is 2.12. The maximum atomic E-state index is 12.1. The fraction of sp³-hybridized carbons (Fsp3) is 0.222. The Balaban J connectivity index is 1.99. The highest BCUT2D eigenvalue weighted by Crippen LogP contribution is 2.23. The van der Waals surface area contributed by atoms with Crippen molar-refractivity contribution in [2.45, 2.75) is 19.9 Å². The lowest BCUT2D eigenvalue weighted by Gasteiger charge is -2.15. The highest BCUT2D eigenvalue weighted by atomic mass is 16.5. The summed E-state index contributed by atoms with van der Waals surface area (Å²) in [4.78, 5) is 24.1. The van der Waals surface area contributed by atoms with E-state index in [9.17, 15) is 9.59 Å². The number of ether oxygens (including phenoxy) is 1. The zero-order valence-corrected chi connectivity index (χ0v) is 13.2. The molecule has 0 radical (unpaired) electrons. The summed E-state index contributed by atoms with van der Waals surface area (Å²) >= 11 is 0. The summed E-state index contributed by atoms with van der Waals surface area (Å²) in [5, 5.41) is 5.25. The van der Waals surface area contributed by atoms with Gasteiger partial charge in [-0.25, -0.2) is 0 Å². The van der Waals surface area contributed by atoms with Gasteiger partial charge in [0.05, 0.1) is 18.3 Å². The van der Waals surface area contributed by atoms with Crippen molar-refractivity contribution >= 4 is 17.5 Å². The van der Waals surface area contributed by atoms with Gasteiger partial charge in [-0.3, -0.25) is 9.59 Å². The Bertz CT molecular complexity index is 671. The van der Waals surface area contributed by atoms with Crippen molar-refractivity contribution in [3.8, 4) is 5.75 Å². The number of nitrogens with one attached hydrogen (secondary N) is 2. The van der Waals surface area contributed by atoms with Gasteiger partial charge in [0, 0.05) is 0 Å². The van der Waals surface area contributed by atoms with Crippen LogP contribution in [0.1, 0.15) is 25.5 Å². The van der Waals surface area contributed by atoms with Gasteiger partial charge in [-0.2, -0.15) is 0 Å². The van der Waals surface area contributed by atoms with Crippen LogP contribution in [-0.4, -0.2) is 18.4 Å². The summed E-state index contributed by atoms with van der Waals surface area (Å²) in [5.41, 5.74) is 1.41. The number of hydrogen-bond donors (Lipinski definition) is 2. The molecule has 0 aliphatic carbocycles. The second kappa shape index (κ2) is 7.98. The van der Waals surface area contributed by atoms with Crippen LogP contribution in [-0.2, 0) is 9.59 Å². The minimum atomic E-state index is -0.722. The molecule has 0 saturated heterocycles. The summed E-state index contributed by atoms with van der Waals surface area (Å²) in [6, 6.07) is 16.2. The van der Waals surface area contributed by atoms with E-state index < -0.39 is 11.8 Å². The van der Waals surface area contributed by atoms with Crippen LogP contribution in [0.25, 0.3) is 0 Å². The van der Waals surface area contributed by atoms with E-state index in [-0.39, 0.29) is 6.04 Å². The minimum Gasteiger partial charge on any atom is -0.492 e. The van der Waals surface area contributed by atoms with Crippen molar-refractivity contribution in [1.29, 1.82) is 0 Å². The van der Waals surface area contributed by atoms with E-state index >= 15 is 0 Å². The molecule has 1 atom stereocenters. The number of hydrogen-bond acceptors (Lipinski definition) is 3. The molecule has 2 N–H and O–H groups in total. The molecule has 120 valence electrons. The highest BCUT2D eigenvalue weighted by molar-refractivity contribution is 6.39. The smallest absolute Gasteiger partial charge is 0.313 e. The predicted octanol–water partition coefficient (Wildman–Crippen LogP) is 2.90. The Morgan fingerprint density at radius 2 is 1.65 bits per heavy atom. The third kappa shape index (κ3) is 4.57. The third-order valence-corrected chi connectivity index (χ3v) is 3.29. The molecule has 5 nitrogen and oxygen atoms in total. The van der Waals surface area contributed by atoms with Crippen molar-refractivity contribution in [2.75, 3.05) is 11.9 Å². The van der Waals surface area contributed by atoms with Crippen LogP contribution in [0.4, 0.5) is 5.69 Å². The van der Waals surface area contributed by atoms with Gasteiger partial charge < -0.3 is 15.4 Å². The normalized spacial score (nSPS) is 11.4. The average Bonchev–Trinajstić information content (AvgIpc) is 2.57. The zero-order chi connectivity index (χ0) is 16.7. The van der Waals surface area contributed by atoms with E-state index in [0.717, 1.165) is 5.56 Å². The lowest BCUT2D eigenvalue weighted by atomic mass is 10.1. The Labute approximate surface area is 135 Å². The van der Waals surface area contributed by atoms with Crippen LogP contribution in [0.2, 0.25) is 0 Å². The number of rotatable bonds is 5. The molecule has 2 amide bonds. The molecule has 2 aromatic rings. The van der Waals surface area contributed by atoms with E-state index in [4.69, 9.17) is 4.74 Å². The first-order valence-electron chi connectivity index (χ1n) is 7.50. The van der Waals surface area contributed by atoms with Crippen molar-refractivity contribution in [3.05, 3.63) is 60.2 Å². The van der Waals surface area contributed by atoms with Gasteiger partial charge >= 0.3 is 11.8 Å². The molecule has 0 unspecified atom stereocenters. The first kappa shape index (κ1) is 16.5. The number of carbonyl (C=O) groups excluding carboxylic acids is 2. The van der Waals surface area contributed by atoms with Gasteiger partial charge in [0.15, 0.2) is 0 Å². The second-order valence-corrected chi connectivity index (χ2v) is 4.99. The van der Waals surface area contributed by atoms with Crippen LogP contribution in [0.15, 0.2) is 54.6 Å². The fourth-order valence-corrected chi connectivity index (χ4v) is 2.12. The van der Waals surface area contributed by atoms with Gasteiger partial charge in [-0.05, 0) is 31.5 Å². The second-order valence-electron chi connectivity index (χ2n) is 4.99. The maximum Gasteiger partial charge on any atom is 0.313 e. The number of amides is 2. The molecular formula is C18H20N2O3. The molecule has 0 aromatic heterocycles. The van der Waals surface area contributed by atoms with Crippen LogP contribution in [0, 0.1) is 0 Å². The van der Waals surface area contributed by atoms with Crippen LogP contribution in [0.3, 0.4) is 0 Å². The average molecular weight is 312 g/mol. The largest absolute Gasteiger partial charge is 0.492 e. The van der Waals surface area contributed by atoms with Crippen LogP contribution < -0.4 is 15.4 Å². The highest BCUT2D eigenvalue weighted by Gasteiger charge is 2.18. The Morgan fingerprint density at radius 1 is 1.00 bits per heavy atom. The van der Waals surface area contributed by atoms with Crippen molar-refractivity contribution in [1.82, 2.24) is 5.32 Å². The molecule has 0 fully saturated rings. The lowest BCUT2D eigenvalue weighted by Crippen LogP contribution is -2.37. The zero-order valence-electron chi connectivity index (χ0n) is 13.2. The molecule has 5 heteroatoms. The minimum absolute atomic E-state index is 0.253. The first-order chi connectivity index (χ1) is 11.1. The monoisotopic (exact) mass is 312 g/mol. The van der Waals surface area contributed by atoms with E-state index in [1.807, 2.05) is 44.2 Å².